The van der Waals surface area contributed by atoms with Crippen LogP contribution < -0.4 is 4.74 Å². The van der Waals surface area contributed by atoms with Gasteiger partial charge in [0, 0.05) is 16.7 Å². The Labute approximate surface area is 165 Å². The molecule has 0 fully saturated rings. The Morgan fingerprint density at radius 1 is 1.04 bits per heavy atom. The number of oxazole rings is 1. The highest BCUT2D eigenvalue weighted by Crippen LogP contribution is 2.38. The Balaban J connectivity index is 1.76. The van der Waals surface area contributed by atoms with E-state index in [0.29, 0.717) is 27.9 Å². The molecule has 5 nitrogen and oxygen atoms in total. The van der Waals surface area contributed by atoms with E-state index in [4.69, 9.17) is 9.15 Å². The maximum atomic E-state index is 13.6. The van der Waals surface area contributed by atoms with Crippen molar-refractivity contribution in [3.05, 3.63) is 72.4 Å². The van der Waals surface area contributed by atoms with E-state index in [1.54, 1.807) is 31.6 Å². The molecular formula is C21H16FN3O2S. The molecule has 7 heteroatoms. The lowest BCUT2D eigenvalue weighted by atomic mass is 10.2. The Kier molecular flexibility index (Phi) is 5.08. The number of rotatable bonds is 5. The molecule has 0 amide bonds. The first-order valence-electron chi connectivity index (χ1n) is 8.50. The van der Waals surface area contributed by atoms with Crippen LogP contribution in [0.3, 0.4) is 0 Å². The van der Waals surface area contributed by atoms with E-state index in [-0.39, 0.29) is 5.82 Å². The van der Waals surface area contributed by atoms with E-state index >= 15 is 0 Å². The lowest BCUT2D eigenvalue weighted by Gasteiger charge is -2.03. The van der Waals surface area contributed by atoms with E-state index in [1.165, 1.54) is 23.9 Å². The molecular weight excluding hydrogens is 377 g/mol. The third-order valence-corrected chi connectivity index (χ3v) is 4.93. The molecule has 0 aliphatic rings. The summed E-state index contributed by atoms with van der Waals surface area (Å²) in [5.41, 5.74) is 2.52. The Morgan fingerprint density at radius 3 is 2.54 bits per heavy atom. The summed E-state index contributed by atoms with van der Waals surface area (Å²) in [5.74, 6) is 0.747. The highest BCUT2D eigenvalue weighted by molar-refractivity contribution is 7.99. The Hall–Kier alpha value is -3.19. The van der Waals surface area contributed by atoms with Gasteiger partial charge in [0.25, 0.3) is 0 Å². The first-order chi connectivity index (χ1) is 13.6. The summed E-state index contributed by atoms with van der Waals surface area (Å²) in [7, 11) is 1.62. The van der Waals surface area contributed by atoms with Gasteiger partial charge in [0.2, 0.25) is 5.89 Å². The van der Waals surface area contributed by atoms with E-state index in [9.17, 15) is 4.39 Å². The van der Waals surface area contributed by atoms with Crippen LogP contribution in [0.5, 0.6) is 5.75 Å². The van der Waals surface area contributed by atoms with Gasteiger partial charge in [-0.1, -0.05) is 6.07 Å². The second-order valence-corrected chi connectivity index (χ2v) is 7.03. The molecule has 0 atom stereocenters. The average molecular weight is 393 g/mol. The summed E-state index contributed by atoms with van der Waals surface area (Å²) >= 11 is 1.41. The topological polar surface area (TPSA) is 61.0 Å². The van der Waals surface area contributed by atoms with E-state index in [2.05, 4.69) is 15.0 Å². The van der Waals surface area contributed by atoms with Crippen molar-refractivity contribution >= 4 is 11.8 Å². The highest BCUT2D eigenvalue weighted by Gasteiger charge is 2.19. The van der Waals surface area contributed by atoms with Crippen molar-refractivity contribution in [2.45, 2.75) is 16.9 Å². The summed E-state index contributed by atoms with van der Waals surface area (Å²) < 4.78 is 24.8. The number of nitrogens with zero attached hydrogens (tertiary/aromatic N) is 3. The second-order valence-electron chi connectivity index (χ2n) is 5.99. The monoisotopic (exact) mass is 393 g/mol. The predicted octanol–water partition coefficient (Wildman–Crippen LogP) is 5.41. The lowest BCUT2D eigenvalue weighted by molar-refractivity contribution is 0.414. The van der Waals surface area contributed by atoms with Crippen LogP contribution in [0.15, 0.2) is 75.3 Å². The van der Waals surface area contributed by atoms with Gasteiger partial charge in [-0.05, 0) is 61.2 Å². The van der Waals surface area contributed by atoms with E-state index in [1.807, 2.05) is 31.2 Å². The van der Waals surface area contributed by atoms with E-state index in [0.717, 1.165) is 16.3 Å². The molecule has 0 aliphatic carbocycles. The van der Waals surface area contributed by atoms with Crippen molar-refractivity contribution in [1.82, 2.24) is 15.0 Å². The molecule has 0 radical (unpaired) electrons. The lowest BCUT2D eigenvalue weighted by Crippen LogP contribution is -1.89. The molecule has 0 saturated heterocycles. The molecule has 140 valence electrons. The fourth-order valence-electron chi connectivity index (χ4n) is 2.55. The Bertz CT molecular complexity index is 1100. The average Bonchev–Trinajstić information content (AvgIpc) is 3.13. The number of aryl methyl sites for hydroxylation is 1. The smallest absolute Gasteiger partial charge is 0.228 e. The molecule has 0 unspecified atom stereocenters. The number of hydrogen-bond acceptors (Lipinski definition) is 6. The van der Waals surface area contributed by atoms with Gasteiger partial charge in [-0.25, -0.2) is 9.37 Å². The zero-order valence-electron chi connectivity index (χ0n) is 15.2. The molecule has 2 aromatic carbocycles. The summed E-state index contributed by atoms with van der Waals surface area (Å²) in [6.45, 7) is 1.87. The van der Waals surface area contributed by atoms with Crippen LogP contribution >= 0.6 is 11.8 Å². The zero-order valence-corrected chi connectivity index (χ0v) is 16.0. The number of benzene rings is 2. The van der Waals surface area contributed by atoms with Crippen molar-refractivity contribution in [2.75, 3.05) is 7.11 Å². The maximum Gasteiger partial charge on any atom is 0.228 e. The minimum absolute atomic E-state index is 0.327. The van der Waals surface area contributed by atoms with Gasteiger partial charge >= 0.3 is 0 Å². The molecule has 0 bridgehead atoms. The van der Waals surface area contributed by atoms with Gasteiger partial charge in [0.05, 0.1) is 19.0 Å². The predicted molar refractivity (Wildman–Crippen MR) is 105 cm³/mol. The van der Waals surface area contributed by atoms with E-state index < -0.39 is 0 Å². The maximum absolute atomic E-state index is 13.6. The van der Waals surface area contributed by atoms with Gasteiger partial charge in [-0.2, -0.15) is 0 Å². The third-order valence-electron chi connectivity index (χ3n) is 3.96. The molecule has 0 N–H and O–H groups in total. The fourth-order valence-corrected chi connectivity index (χ4v) is 3.40. The quantitative estimate of drug-likeness (QED) is 0.452. The van der Waals surface area contributed by atoms with Crippen LogP contribution in [0.1, 0.15) is 5.69 Å². The minimum Gasteiger partial charge on any atom is -0.497 e. The number of aromatic nitrogens is 3. The summed E-state index contributed by atoms with van der Waals surface area (Å²) in [6, 6.07) is 13.7. The zero-order chi connectivity index (χ0) is 19.5. The highest BCUT2D eigenvalue weighted by atomic mass is 32.2. The summed E-state index contributed by atoms with van der Waals surface area (Å²) in [5, 5.41) is 0.558. The normalized spacial score (nSPS) is 10.8. The molecule has 0 saturated carbocycles. The first-order valence-corrected chi connectivity index (χ1v) is 9.32. The number of hydrogen-bond donors (Lipinski definition) is 0. The molecule has 2 aromatic heterocycles. The Morgan fingerprint density at radius 2 is 1.86 bits per heavy atom. The molecule has 2 heterocycles. The number of ether oxygens (including phenoxy) is 1. The van der Waals surface area contributed by atoms with Gasteiger partial charge in [0.15, 0.2) is 5.09 Å². The van der Waals surface area contributed by atoms with Crippen molar-refractivity contribution in [1.29, 1.82) is 0 Å². The number of methoxy groups -OCH3 is 1. The van der Waals surface area contributed by atoms with Crippen molar-refractivity contribution < 1.29 is 13.5 Å². The van der Waals surface area contributed by atoms with Crippen LogP contribution in [0.2, 0.25) is 0 Å². The van der Waals surface area contributed by atoms with Gasteiger partial charge in [0.1, 0.15) is 23.0 Å². The van der Waals surface area contributed by atoms with Crippen LogP contribution in [-0.4, -0.2) is 22.1 Å². The van der Waals surface area contributed by atoms with Gasteiger partial charge in [-0.15, -0.1) is 0 Å². The van der Waals surface area contributed by atoms with Gasteiger partial charge < -0.3 is 9.15 Å². The molecule has 0 spiro atoms. The van der Waals surface area contributed by atoms with Crippen molar-refractivity contribution in [3.63, 3.8) is 0 Å². The summed E-state index contributed by atoms with van der Waals surface area (Å²) in [4.78, 5) is 14.2. The number of halogens is 1. The third kappa shape index (κ3) is 3.89. The van der Waals surface area contributed by atoms with Crippen molar-refractivity contribution in [3.8, 4) is 28.6 Å². The molecule has 0 aliphatic heterocycles. The standard InChI is InChI=1S/C21H16FN3O2S/c1-13-11-24-18(12-23-13)19-21(28-17-8-6-16(26-2)7-9-17)27-20(25-19)14-4-3-5-15(22)10-14/h3-12H,1-2H3. The van der Waals surface area contributed by atoms with Crippen LogP contribution in [0, 0.1) is 12.7 Å². The second kappa shape index (κ2) is 7.82. The first kappa shape index (κ1) is 18.2. The van der Waals surface area contributed by atoms with Crippen LogP contribution in [-0.2, 0) is 0 Å². The molecule has 4 aromatic rings. The van der Waals surface area contributed by atoms with Crippen LogP contribution in [0.25, 0.3) is 22.8 Å². The fraction of sp³-hybridized carbons (Fsp3) is 0.0952. The largest absolute Gasteiger partial charge is 0.497 e. The molecule has 28 heavy (non-hydrogen) atoms. The van der Waals surface area contributed by atoms with Crippen molar-refractivity contribution in [2.24, 2.45) is 0 Å². The summed E-state index contributed by atoms with van der Waals surface area (Å²) in [6.07, 6.45) is 3.33. The SMILES string of the molecule is COc1ccc(Sc2oc(-c3cccc(F)c3)nc2-c2cnc(C)cn2)cc1. The van der Waals surface area contributed by atoms with Gasteiger partial charge in [-0.3, -0.25) is 9.97 Å². The minimum atomic E-state index is -0.350. The van der Waals surface area contributed by atoms with Crippen LogP contribution in [0.4, 0.5) is 4.39 Å². The molecule has 4 rings (SSSR count).